The van der Waals surface area contributed by atoms with Gasteiger partial charge < -0.3 is 18.8 Å². The summed E-state index contributed by atoms with van der Waals surface area (Å²) >= 11 is 0. The van der Waals surface area contributed by atoms with Crippen LogP contribution in [0, 0.1) is 0 Å². The Labute approximate surface area is 462 Å². The van der Waals surface area contributed by atoms with Gasteiger partial charge in [0.25, 0.3) is 0 Å². The number of anilines is 6. The van der Waals surface area contributed by atoms with Crippen molar-refractivity contribution in [3.05, 3.63) is 297 Å². The van der Waals surface area contributed by atoms with Gasteiger partial charge in [0.15, 0.2) is 0 Å². The minimum absolute atomic E-state index is 0.877. The molecular weight excluding hydrogens is 971 g/mol. The highest BCUT2D eigenvalue weighted by Crippen LogP contribution is 2.47. The lowest BCUT2D eigenvalue weighted by molar-refractivity contribution is 0.669. The molecule has 0 atom stereocenters. The summed E-state index contributed by atoms with van der Waals surface area (Å²) < 4.78 is 8.70. The number of furan rings is 1. The van der Waals surface area contributed by atoms with Gasteiger partial charge in [0.1, 0.15) is 11.2 Å². The van der Waals surface area contributed by atoms with Gasteiger partial charge >= 0.3 is 0 Å². The summed E-state index contributed by atoms with van der Waals surface area (Å²) in [5.41, 5.74) is 16.5. The Balaban J connectivity index is 0.764. The van der Waals surface area contributed by atoms with Crippen LogP contribution in [-0.2, 0) is 0 Å². The number of fused-ring (bicyclic) bond motifs is 12. The third kappa shape index (κ3) is 7.45. The Kier molecular flexibility index (Phi) is 10.5. The summed E-state index contributed by atoms with van der Waals surface area (Å²) in [7, 11) is 0. The van der Waals surface area contributed by atoms with Crippen LogP contribution in [0.3, 0.4) is 0 Å². The highest BCUT2D eigenvalue weighted by atomic mass is 16.3. The van der Waals surface area contributed by atoms with Crippen molar-refractivity contribution in [3.63, 3.8) is 0 Å². The molecule has 0 radical (unpaired) electrons. The van der Waals surface area contributed by atoms with Gasteiger partial charge in [-0.15, -0.1) is 0 Å². The minimum Gasteiger partial charge on any atom is -0.456 e. The summed E-state index contributed by atoms with van der Waals surface area (Å²) in [6, 6.07) is 108. The molecule has 0 unspecified atom stereocenters. The van der Waals surface area contributed by atoms with Crippen molar-refractivity contribution in [3.8, 4) is 27.9 Å². The zero-order valence-corrected chi connectivity index (χ0v) is 43.5. The number of nitrogens with zero attached hydrogens (tertiary/aromatic N) is 3. The van der Waals surface area contributed by atoms with Crippen molar-refractivity contribution >= 4 is 121 Å². The SMILES string of the molecule is c1ccc(-n2c3ccccc3c3cc(N(c4ccc(-c5ccc(-c6ccc(N(c7ccc8oc9ccccc9c8c7)c7cc8ccccc8c8ccccc78)cc6)cc5)cc4)c4cc5ccccc5c5ccccc45)ccc32)cc1. The molecule has 0 aliphatic heterocycles. The monoisotopic (exact) mass is 1020 g/mol. The molecule has 0 aliphatic rings. The molecule has 2 aromatic heterocycles. The van der Waals surface area contributed by atoms with Crippen molar-refractivity contribution in [2.45, 2.75) is 0 Å². The van der Waals surface area contributed by atoms with Crippen molar-refractivity contribution < 1.29 is 4.42 Å². The fraction of sp³-hybridized carbons (Fsp3) is 0. The predicted octanol–water partition coefficient (Wildman–Crippen LogP) is 21.6. The molecule has 2 heterocycles. The number of hydrogen-bond donors (Lipinski definition) is 0. The molecule has 374 valence electrons. The van der Waals surface area contributed by atoms with Crippen LogP contribution < -0.4 is 9.80 Å². The maximum Gasteiger partial charge on any atom is 0.135 e. The zero-order valence-electron chi connectivity index (χ0n) is 43.5. The van der Waals surface area contributed by atoms with Crippen LogP contribution in [0.15, 0.2) is 302 Å². The van der Waals surface area contributed by atoms with Gasteiger partial charge in [-0.1, -0.05) is 200 Å². The molecule has 0 bridgehead atoms. The Morgan fingerprint density at radius 1 is 0.237 bits per heavy atom. The topological polar surface area (TPSA) is 24.6 Å². The summed E-state index contributed by atoms with van der Waals surface area (Å²) in [5, 5.41) is 14.4. The van der Waals surface area contributed by atoms with E-state index in [1.54, 1.807) is 0 Å². The van der Waals surface area contributed by atoms with E-state index in [0.717, 1.165) is 84.0 Å². The number of benzene rings is 14. The maximum atomic E-state index is 6.31. The molecule has 0 spiro atoms. The van der Waals surface area contributed by atoms with Crippen molar-refractivity contribution in [2.75, 3.05) is 9.80 Å². The molecular formula is C76H49N3O. The molecule has 80 heavy (non-hydrogen) atoms. The fourth-order valence-electron chi connectivity index (χ4n) is 12.6. The van der Waals surface area contributed by atoms with Gasteiger partial charge in [-0.05, 0) is 152 Å². The normalized spacial score (nSPS) is 11.8. The van der Waals surface area contributed by atoms with Crippen LogP contribution in [-0.4, -0.2) is 4.57 Å². The highest BCUT2D eigenvalue weighted by molar-refractivity contribution is 6.17. The van der Waals surface area contributed by atoms with Gasteiger partial charge in [0.2, 0.25) is 0 Å². The summed E-state index contributed by atoms with van der Waals surface area (Å²) in [5.74, 6) is 0. The van der Waals surface area contributed by atoms with Gasteiger partial charge in [-0.3, -0.25) is 0 Å². The molecule has 0 N–H and O–H groups in total. The molecule has 16 aromatic rings. The summed E-state index contributed by atoms with van der Waals surface area (Å²) in [6.45, 7) is 0. The quantitative estimate of drug-likeness (QED) is 0.135. The predicted molar refractivity (Wildman–Crippen MR) is 338 cm³/mol. The molecule has 0 amide bonds. The highest BCUT2D eigenvalue weighted by Gasteiger charge is 2.22. The first kappa shape index (κ1) is 45.5. The van der Waals surface area contributed by atoms with Crippen molar-refractivity contribution in [1.82, 2.24) is 4.57 Å². The third-order valence-corrected chi connectivity index (χ3v) is 16.3. The second-order valence-corrected chi connectivity index (χ2v) is 20.8. The first-order valence-electron chi connectivity index (χ1n) is 27.4. The lowest BCUT2D eigenvalue weighted by Gasteiger charge is -2.28. The second kappa shape index (κ2) is 18.5. The van der Waals surface area contributed by atoms with Gasteiger partial charge in [-0.25, -0.2) is 0 Å². The number of rotatable bonds is 9. The zero-order chi connectivity index (χ0) is 52.7. The lowest BCUT2D eigenvalue weighted by atomic mass is 9.97. The molecule has 0 saturated heterocycles. The van der Waals surface area contributed by atoms with Crippen molar-refractivity contribution in [1.29, 1.82) is 0 Å². The average molecular weight is 1020 g/mol. The van der Waals surface area contributed by atoms with Crippen LogP contribution in [0.4, 0.5) is 34.1 Å². The molecule has 16 rings (SSSR count). The molecule has 0 fully saturated rings. The third-order valence-electron chi connectivity index (χ3n) is 16.3. The Bertz CT molecular complexity index is 5060. The van der Waals surface area contributed by atoms with Crippen LogP contribution in [0.5, 0.6) is 0 Å². The fourth-order valence-corrected chi connectivity index (χ4v) is 12.6. The first-order valence-corrected chi connectivity index (χ1v) is 27.4. The average Bonchev–Trinajstić information content (AvgIpc) is 4.10. The Morgan fingerprint density at radius 2 is 0.625 bits per heavy atom. The van der Waals surface area contributed by atoms with E-state index in [4.69, 9.17) is 4.42 Å². The van der Waals surface area contributed by atoms with Crippen LogP contribution >= 0.6 is 0 Å². The van der Waals surface area contributed by atoms with E-state index < -0.39 is 0 Å². The van der Waals surface area contributed by atoms with Crippen LogP contribution in [0.2, 0.25) is 0 Å². The second-order valence-electron chi connectivity index (χ2n) is 20.8. The molecule has 0 aliphatic carbocycles. The Morgan fingerprint density at radius 3 is 1.19 bits per heavy atom. The molecule has 4 heteroatoms. The van der Waals surface area contributed by atoms with E-state index in [2.05, 4.69) is 299 Å². The largest absolute Gasteiger partial charge is 0.456 e. The van der Waals surface area contributed by atoms with E-state index in [-0.39, 0.29) is 0 Å². The van der Waals surface area contributed by atoms with E-state index >= 15 is 0 Å². The van der Waals surface area contributed by atoms with Crippen LogP contribution in [0.1, 0.15) is 0 Å². The maximum absolute atomic E-state index is 6.31. The molecule has 14 aromatic carbocycles. The van der Waals surface area contributed by atoms with Gasteiger partial charge in [0, 0.05) is 60.8 Å². The summed E-state index contributed by atoms with van der Waals surface area (Å²) in [4.78, 5) is 4.85. The minimum atomic E-state index is 0.877. The van der Waals surface area contributed by atoms with Crippen molar-refractivity contribution in [2.24, 2.45) is 0 Å². The first-order chi connectivity index (χ1) is 39.7. The van der Waals surface area contributed by atoms with E-state index in [0.29, 0.717) is 0 Å². The van der Waals surface area contributed by atoms with Gasteiger partial charge in [0.05, 0.1) is 22.4 Å². The van der Waals surface area contributed by atoms with Gasteiger partial charge in [-0.2, -0.15) is 0 Å². The van der Waals surface area contributed by atoms with E-state index in [1.807, 2.05) is 12.1 Å². The number of para-hydroxylation sites is 3. The number of aromatic nitrogens is 1. The molecule has 0 saturated carbocycles. The van der Waals surface area contributed by atoms with Crippen LogP contribution in [0.25, 0.3) is 115 Å². The molecule has 4 nitrogen and oxygen atoms in total. The standard InChI is InChI=1S/C76H49N3O/c1-2-18-56(19-3-1)79-71-28-14-12-26-67(71)69-48-59(42-44-72(69)79)77(73-46-54-16-4-6-20-61(54)63-22-8-10-24-65(63)73)57-38-34-52(35-39-57)50-30-32-51(33-31-50)53-36-40-58(41-37-53)78(60-43-45-76-70(49-60)68-27-13-15-29-75(68)80-76)74-47-55-17-5-7-21-62(55)64-23-9-11-25-66(64)74/h1-49H. The van der Waals surface area contributed by atoms with E-state index in [9.17, 15) is 0 Å². The smallest absolute Gasteiger partial charge is 0.135 e. The summed E-state index contributed by atoms with van der Waals surface area (Å²) in [6.07, 6.45) is 0. The van der Waals surface area contributed by atoms with E-state index in [1.165, 1.54) is 64.9 Å². The lowest BCUT2D eigenvalue weighted by Crippen LogP contribution is -2.10. The number of hydrogen-bond acceptors (Lipinski definition) is 3. The Hall–Kier alpha value is -10.7.